The predicted octanol–water partition coefficient (Wildman–Crippen LogP) is 3.12. The van der Waals surface area contributed by atoms with Gasteiger partial charge in [-0.15, -0.1) is 0 Å². The van der Waals surface area contributed by atoms with Crippen LogP contribution in [0.5, 0.6) is 0 Å². The lowest BCUT2D eigenvalue weighted by atomic mass is 10.1. The topological polar surface area (TPSA) is 42.7 Å². The average molecular weight is 271 g/mol. The fourth-order valence-electron chi connectivity index (χ4n) is 2.55. The number of anilines is 1. The SMILES string of the molecule is CCOC(=O)c1cc2c(o1)-c1ccccc1N(C)CC2. The van der Waals surface area contributed by atoms with Gasteiger partial charge in [0.25, 0.3) is 0 Å². The van der Waals surface area contributed by atoms with Crippen molar-refractivity contribution in [3.8, 4) is 11.3 Å². The van der Waals surface area contributed by atoms with E-state index in [2.05, 4.69) is 18.0 Å². The average Bonchev–Trinajstić information content (AvgIpc) is 2.84. The highest BCUT2D eigenvalue weighted by Crippen LogP contribution is 2.37. The predicted molar refractivity (Wildman–Crippen MR) is 77.1 cm³/mol. The smallest absolute Gasteiger partial charge is 0.374 e. The van der Waals surface area contributed by atoms with Crippen LogP contribution in [-0.4, -0.2) is 26.2 Å². The highest BCUT2D eigenvalue weighted by molar-refractivity contribution is 5.89. The Morgan fingerprint density at radius 1 is 1.40 bits per heavy atom. The van der Waals surface area contributed by atoms with Gasteiger partial charge >= 0.3 is 5.97 Å². The van der Waals surface area contributed by atoms with Gasteiger partial charge in [0.05, 0.1) is 6.61 Å². The minimum Gasteiger partial charge on any atom is -0.460 e. The van der Waals surface area contributed by atoms with E-state index in [0.717, 1.165) is 35.5 Å². The molecule has 4 nitrogen and oxygen atoms in total. The van der Waals surface area contributed by atoms with Gasteiger partial charge in [-0.05, 0) is 31.5 Å². The molecule has 20 heavy (non-hydrogen) atoms. The fourth-order valence-corrected chi connectivity index (χ4v) is 2.55. The van der Waals surface area contributed by atoms with Gasteiger partial charge in [0.2, 0.25) is 5.76 Å². The van der Waals surface area contributed by atoms with Crippen LogP contribution in [0.2, 0.25) is 0 Å². The van der Waals surface area contributed by atoms with Crippen LogP contribution in [0.3, 0.4) is 0 Å². The molecule has 1 aromatic heterocycles. The van der Waals surface area contributed by atoms with Crippen molar-refractivity contribution in [2.24, 2.45) is 0 Å². The van der Waals surface area contributed by atoms with Crippen LogP contribution in [0.1, 0.15) is 23.0 Å². The Morgan fingerprint density at radius 3 is 3.00 bits per heavy atom. The number of hydrogen-bond donors (Lipinski definition) is 0. The third-order valence-corrected chi connectivity index (χ3v) is 3.56. The second kappa shape index (κ2) is 5.04. The van der Waals surface area contributed by atoms with Crippen LogP contribution in [0, 0.1) is 0 Å². The number of para-hydroxylation sites is 1. The van der Waals surface area contributed by atoms with E-state index >= 15 is 0 Å². The molecule has 0 atom stereocenters. The van der Waals surface area contributed by atoms with Gasteiger partial charge in [-0.2, -0.15) is 0 Å². The number of carbonyl (C=O) groups is 1. The largest absolute Gasteiger partial charge is 0.460 e. The second-order valence-corrected chi connectivity index (χ2v) is 4.87. The summed E-state index contributed by atoms with van der Waals surface area (Å²) in [5.74, 6) is 0.676. The lowest BCUT2D eigenvalue weighted by molar-refractivity contribution is 0.0491. The molecule has 0 unspecified atom stereocenters. The number of carbonyl (C=O) groups excluding carboxylic acids is 1. The number of benzene rings is 1. The summed E-state index contributed by atoms with van der Waals surface area (Å²) in [7, 11) is 2.07. The normalized spacial score (nSPS) is 13.4. The molecule has 1 aliphatic heterocycles. The van der Waals surface area contributed by atoms with E-state index in [-0.39, 0.29) is 5.76 Å². The molecule has 2 aromatic rings. The summed E-state index contributed by atoms with van der Waals surface area (Å²) in [4.78, 5) is 14.0. The van der Waals surface area contributed by atoms with Crippen LogP contribution >= 0.6 is 0 Å². The maximum Gasteiger partial charge on any atom is 0.374 e. The molecular weight excluding hydrogens is 254 g/mol. The number of esters is 1. The minimum absolute atomic E-state index is 0.288. The Morgan fingerprint density at radius 2 is 2.20 bits per heavy atom. The number of rotatable bonds is 2. The Kier molecular flexibility index (Phi) is 3.22. The van der Waals surface area contributed by atoms with Gasteiger partial charge < -0.3 is 14.1 Å². The zero-order chi connectivity index (χ0) is 14.1. The van der Waals surface area contributed by atoms with E-state index in [1.54, 1.807) is 6.92 Å². The summed E-state index contributed by atoms with van der Waals surface area (Å²) in [5.41, 5.74) is 3.21. The molecule has 0 spiro atoms. The maximum absolute atomic E-state index is 11.8. The third kappa shape index (κ3) is 2.07. The first-order valence-corrected chi connectivity index (χ1v) is 6.81. The Labute approximate surface area is 118 Å². The molecule has 1 aliphatic rings. The Hall–Kier alpha value is -2.23. The summed E-state index contributed by atoms with van der Waals surface area (Å²) >= 11 is 0. The highest BCUT2D eigenvalue weighted by Gasteiger charge is 2.24. The quantitative estimate of drug-likeness (QED) is 0.787. The summed E-state index contributed by atoms with van der Waals surface area (Å²) in [6, 6.07) is 9.89. The van der Waals surface area contributed by atoms with Gasteiger partial charge in [-0.3, -0.25) is 0 Å². The van der Waals surface area contributed by atoms with Crippen molar-refractivity contribution in [1.29, 1.82) is 0 Å². The first kappa shape index (κ1) is 12.8. The molecule has 3 rings (SSSR count). The first-order chi connectivity index (χ1) is 9.70. The standard InChI is InChI=1S/C16H17NO3/c1-3-19-16(18)14-10-11-8-9-17(2)13-7-5-4-6-12(13)15(11)20-14/h4-7,10H,3,8-9H2,1-2H3. The van der Waals surface area contributed by atoms with E-state index in [1.807, 2.05) is 24.3 Å². The molecule has 2 heterocycles. The lowest BCUT2D eigenvalue weighted by Gasteiger charge is -2.18. The second-order valence-electron chi connectivity index (χ2n) is 4.87. The van der Waals surface area contributed by atoms with Gasteiger partial charge in [0.15, 0.2) is 0 Å². The van der Waals surface area contributed by atoms with Crippen LogP contribution in [0.25, 0.3) is 11.3 Å². The maximum atomic E-state index is 11.8. The van der Waals surface area contributed by atoms with Crippen LogP contribution in [-0.2, 0) is 11.2 Å². The number of likely N-dealkylation sites (N-methyl/N-ethyl adjacent to an activating group) is 1. The van der Waals surface area contributed by atoms with E-state index in [9.17, 15) is 4.79 Å². The molecule has 4 heteroatoms. The Bertz CT molecular complexity index is 645. The number of nitrogens with zero attached hydrogens (tertiary/aromatic N) is 1. The number of ether oxygens (including phenoxy) is 1. The van der Waals surface area contributed by atoms with Crippen molar-refractivity contribution in [1.82, 2.24) is 0 Å². The molecule has 0 saturated carbocycles. The van der Waals surface area contributed by atoms with Gasteiger partial charge in [0.1, 0.15) is 5.76 Å². The molecule has 0 N–H and O–H groups in total. The van der Waals surface area contributed by atoms with Crippen LogP contribution in [0.4, 0.5) is 5.69 Å². The first-order valence-electron chi connectivity index (χ1n) is 6.81. The molecule has 1 aromatic carbocycles. The zero-order valence-electron chi connectivity index (χ0n) is 11.7. The molecule has 0 bridgehead atoms. The van der Waals surface area contributed by atoms with Crippen molar-refractivity contribution in [2.75, 3.05) is 25.1 Å². The van der Waals surface area contributed by atoms with Crippen molar-refractivity contribution in [3.05, 3.63) is 41.7 Å². The fraction of sp³-hybridized carbons (Fsp3) is 0.312. The summed E-state index contributed by atoms with van der Waals surface area (Å²) in [6.45, 7) is 3.03. The van der Waals surface area contributed by atoms with Gasteiger partial charge in [0, 0.05) is 30.4 Å². The number of hydrogen-bond acceptors (Lipinski definition) is 4. The molecule has 104 valence electrons. The van der Waals surface area contributed by atoms with E-state index < -0.39 is 5.97 Å². The summed E-state index contributed by atoms with van der Waals surface area (Å²) < 4.78 is 10.8. The molecule has 0 fully saturated rings. The van der Waals surface area contributed by atoms with E-state index in [1.165, 1.54) is 0 Å². The molecule has 0 saturated heterocycles. The van der Waals surface area contributed by atoms with E-state index in [4.69, 9.17) is 9.15 Å². The van der Waals surface area contributed by atoms with Crippen molar-refractivity contribution in [2.45, 2.75) is 13.3 Å². The van der Waals surface area contributed by atoms with Crippen molar-refractivity contribution < 1.29 is 13.9 Å². The van der Waals surface area contributed by atoms with Gasteiger partial charge in [-0.1, -0.05) is 12.1 Å². The number of furan rings is 1. The summed E-state index contributed by atoms with van der Waals surface area (Å²) in [5, 5.41) is 0. The minimum atomic E-state index is -0.397. The van der Waals surface area contributed by atoms with E-state index in [0.29, 0.717) is 6.61 Å². The molecule has 0 amide bonds. The zero-order valence-corrected chi connectivity index (χ0v) is 11.7. The Balaban J connectivity index is 2.09. The highest BCUT2D eigenvalue weighted by atomic mass is 16.5. The third-order valence-electron chi connectivity index (χ3n) is 3.56. The van der Waals surface area contributed by atoms with Crippen molar-refractivity contribution in [3.63, 3.8) is 0 Å². The van der Waals surface area contributed by atoms with Crippen LogP contribution in [0.15, 0.2) is 34.7 Å². The molecule has 0 radical (unpaired) electrons. The number of fused-ring (bicyclic) bond motifs is 3. The molecule has 0 aliphatic carbocycles. The van der Waals surface area contributed by atoms with Crippen molar-refractivity contribution >= 4 is 11.7 Å². The monoisotopic (exact) mass is 271 g/mol. The van der Waals surface area contributed by atoms with Gasteiger partial charge in [-0.25, -0.2) is 4.79 Å². The lowest BCUT2D eigenvalue weighted by Crippen LogP contribution is -2.19. The van der Waals surface area contributed by atoms with Crippen LogP contribution < -0.4 is 4.90 Å². The summed E-state index contributed by atoms with van der Waals surface area (Å²) in [6.07, 6.45) is 0.851. The molecular formula is C16H17NO3.